The molecule has 1 nitrogen and oxygen atoms in total. The molecule has 1 atom stereocenters. The van der Waals surface area contributed by atoms with Crippen LogP contribution in [0.4, 0.5) is 17.6 Å². The van der Waals surface area contributed by atoms with Gasteiger partial charge in [0.2, 0.25) is 0 Å². The van der Waals surface area contributed by atoms with Crippen LogP contribution in [0.5, 0.6) is 5.75 Å². The van der Waals surface area contributed by atoms with Crippen molar-refractivity contribution in [2.75, 3.05) is 6.61 Å². The molecule has 0 N–H and O–H groups in total. The average molecular weight is 414 g/mol. The molecule has 30 heavy (non-hydrogen) atoms. The van der Waals surface area contributed by atoms with Crippen LogP contribution in [0.3, 0.4) is 0 Å². The van der Waals surface area contributed by atoms with Crippen LogP contribution in [0.15, 0.2) is 72.8 Å². The van der Waals surface area contributed by atoms with Crippen molar-refractivity contribution in [1.82, 2.24) is 0 Å². The van der Waals surface area contributed by atoms with Crippen LogP contribution in [0.1, 0.15) is 35.1 Å². The Labute approximate surface area is 173 Å². The molecule has 0 fully saturated rings. The number of hydrogen-bond acceptors (Lipinski definition) is 1. The van der Waals surface area contributed by atoms with Crippen LogP contribution < -0.4 is 4.74 Å². The lowest BCUT2D eigenvalue weighted by atomic mass is 9.91. The molecule has 0 spiro atoms. The summed E-state index contributed by atoms with van der Waals surface area (Å²) in [5.41, 5.74) is 2.02. The lowest BCUT2D eigenvalue weighted by molar-refractivity contribution is -0.150. The third kappa shape index (κ3) is 5.72. The van der Waals surface area contributed by atoms with Crippen molar-refractivity contribution < 1.29 is 22.3 Å². The Morgan fingerprint density at radius 2 is 1.60 bits per heavy atom. The van der Waals surface area contributed by atoms with Crippen LogP contribution in [0, 0.1) is 5.82 Å². The first-order valence-electron chi connectivity index (χ1n) is 9.68. The van der Waals surface area contributed by atoms with Crippen molar-refractivity contribution in [3.63, 3.8) is 0 Å². The van der Waals surface area contributed by atoms with E-state index >= 15 is 0 Å². The van der Waals surface area contributed by atoms with Crippen molar-refractivity contribution in [3.05, 3.63) is 101 Å². The molecular formula is C25H22F4O. The number of ether oxygens (including phenoxy) is 1. The minimum atomic E-state index is -4.33. The lowest BCUT2D eigenvalue weighted by Crippen LogP contribution is -2.22. The van der Waals surface area contributed by atoms with Crippen LogP contribution in [0.2, 0.25) is 0 Å². The van der Waals surface area contributed by atoms with Gasteiger partial charge < -0.3 is 4.74 Å². The molecule has 3 aromatic rings. The van der Waals surface area contributed by atoms with E-state index in [1.54, 1.807) is 66.7 Å². The topological polar surface area (TPSA) is 9.23 Å². The molecule has 0 amide bonds. The molecule has 0 aliphatic heterocycles. The Balaban J connectivity index is 1.72. The summed E-state index contributed by atoms with van der Waals surface area (Å²) in [6, 6.07) is 19.4. The van der Waals surface area contributed by atoms with Gasteiger partial charge in [-0.25, -0.2) is 4.39 Å². The summed E-state index contributed by atoms with van der Waals surface area (Å²) in [5.74, 6) is -1.49. The average Bonchev–Trinajstić information content (AvgIpc) is 2.72. The van der Waals surface area contributed by atoms with Gasteiger partial charge in [-0.1, -0.05) is 66.7 Å². The lowest BCUT2D eigenvalue weighted by Gasteiger charge is -2.21. The highest BCUT2D eigenvalue weighted by atomic mass is 19.4. The van der Waals surface area contributed by atoms with Gasteiger partial charge in [-0.15, -0.1) is 0 Å². The normalized spacial score (nSPS) is 12.8. The molecule has 0 heterocycles. The van der Waals surface area contributed by atoms with Crippen LogP contribution >= 0.6 is 0 Å². The fourth-order valence-corrected chi connectivity index (χ4v) is 3.19. The zero-order chi connectivity index (χ0) is 21.6. The Kier molecular flexibility index (Phi) is 6.93. The Morgan fingerprint density at radius 3 is 2.20 bits per heavy atom. The largest absolute Gasteiger partial charge is 0.494 e. The second-order valence-electron chi connectivity index (χ2n) is 6.90. The zero-order valence-corrected chi connectivity index (χ0v) is 16.5. The summed E-state index contributed by atoms with van der Waals surface area (Å²) in [5, 5.41) is 0. The predicted octanol–water partition coefficient (Wildman–Crippen LogP) is 7.28. The minimum absolute atomic E-state index is 0.134. The van der Waals surface area contributed by atoms with Gasteiger partial charge in [-0.3, -0.25) is 0 Å². The smallest absolute Gasteiger partial charge is 0.396 e. The third-order valence-corrected chi connectivity index (χ3v) is 4.75. The van der Waals surface area contributed by atoms with Gasteiger partial charge in [-0.2, -0.15) is 13.2 Å². The van der Waals surface area contributed by atoms with E-state index in [0.29, 0.717) is 23.5 Å². The molecule has 156 valence electrons. The highest BCUT2D eigenvalue weighted by Gasteiger charge is 2.40. The fourth-order valence-electron chi connectivity index (χ4n) is 3.19. The standard InChI is InChI=1S/C25H22F4O/c1-2-30-22-15-14-21(24(26)17-22)13-12-18-8-10-19(11-9-18)16-23(25(27,28)29)20-6-4-3-5-7-20/h3-15,17,23H,2,16H2,1H3/t23-/m0/s1. The molecule has 0 unspecified atom stereocenters. The van der Waals surface area contributed by atoms with Crippen molar-refractivity contribution in [3.8, 4) is 5.75 Å². The summed E-state index contributed by atoms with van der Waals surface area (Å²) in [6.45, 7) is 2.28. The molecular weight excluding hydrogens is 392 g/mol. The van der Waals surface area contributed by atoms with E-state index < -0.39 is 17.9 Å². The van der Waals surface area contributed by atoms with Gasteiger partial charge in [-0.05, 0) is 42.2 Å². The SMILES string of the molecule is CCOc1ccc(C=Cc2ccc(C[C@@H](c3ccccc3)C(F)(F)F)cc2)c(F)c1. The Hall–Kier alpha value is -3.08. The molecule has 0 radical (unpaired) electrons. The van der Waals surface area contributed by atoms with E-state index in [0.717, 1.165) is 5.56 Å². The fraction of sp³-hybridized carbons (Fsp3) is 0.200. The molecule has 0 saturated carbocycles. The van der Waals surface area contributed by atoms with Gasteiger partial charge in [0.1, 0.15) is 11.6 Å². The van der Waals surface area contributed by atoms with E-state index in [4.69, 9.17) is 4.74 Å². The van der Waals surface area contributed by atoms with Crippen LogP contribution in [-0.4, -0.2) is 12.8 Å². The summed E-state index contributed by atoms with van der Waals surface area (Å²) in [4.78, 5) is 0. The van der Waals surface area contributed by atoms with Crippen molar-refractivity contribution >= 4 is 12.2 Å². The maximum absolute atomic E-state index is 14.1. The summed E-state index contributed by atoms with van der Waals surface area (Å²) in [7, 11) is 0. The van der Waals surface area contributed by atoms with E-state index in [1.807, 2.05) is 6.92 Å². The first-order valence-corrected chi connectivity index (χ1v) is 9.68. The molecule has 0 aliphatic carbocycles. The quantitative estimate of drug-likeness (QED) is 0.291. The minimum Gasteiger partial charge on any atom is -0.494 e. The van der Waals surface area contributed by atoms with Gasteiger partial charge >= 0.3 is 6.18 Å². The first kappa shape index (κ1) is 21.6. The molecule has 0 saturated heterocycles. The third-order valence-electron chi connectivity index (χ3n) is 4.75. The van der Waals surface area contributed by atoms with Gasteiger partial charge in [0.15, 0.2) is 0 Å². The maximum Gasteiger partial charge on any atom is 0.396 e. The zero-order valence-electron chi connectivity index (χ0n) is 16.5. The molecule has 0 aliphatic rings. The van der Waals surface area contributed by atoms with E-state index in [1.165, 1.54) is 18.2 Å². The summed E-state index contributed by atoms with van der Waals surface area (Å²) >= 11 is 0. The van der Waals surface area contributed by atoms with Gasteiger partial charge in [0.05, 0.1) is 12.5 Å². The van der Waals surface area contributed by atoms with E-state index in [9.17, 15) is 17.6 Å². The molecule has 0 aromatic heterocycles. The van der Waals surface area contributed by atoms with Crippen molar-refractivity contribution in [2.24, 2.45) is 0 Å². The maximum atomic E-state index is 14.1. The number of halogens is 4. The second-order valence-corrected chi connectivity index (χ2v) is 6.90. The summed E-state index contributed by atoms with van der Waals surface area (Å²) < 4.78 is 60.0. The van der Waals surface area contributed by atoms with E-state index in [2.05, 4.69) is 0 Å². The Morgan fingerprint density at radius 1 is 0.900 bits per heavy atom. The van der Waals surface area contributed by atoms with Crippen molar-refractivity contribution in [1.29, 1.82) is 0 Å². The molecule has 5 heteroatoms. The van der Waals surface area contributed by atoms with E-state index in [-0.39, 0.29) is 12.0 Å². The molecule has 3 rings (SSSR count). The highest BCUT2D eigenvalue weighted by Crippen LogP contribution is 2.37. The second kappa shape index (κ2) is 9.61. The monoisotopic (exact) mass is 414 g/mol. The van der Waals surface area contributed by atoms with Crippen molar-refractivity contribution in [2.45, 2.75) is 25.4 Å². The Bertz CT molecular complexity index is 976. The predicted molar refractivity (Wildman–Crippen MR) is 112 cm³/mol. The summed E-state index contributed by atoms with van der Waals surface area (Å²) in [6.07, 6.45) is -1.11. The van der Waals surface area contributed by atoms with Crippen LogP contribution in [-0.2, 0) is 6.42 Å². The van der Waals surface area contributed by atoms with Crippen LogP contribution in [0.25, 0.3) is 12.2 Å². The highest BCUT2D eigenvalue weighted by molar-refractivity contribution is 5.70. The number of hydrogen-bond donors (Lipinski definition) is 0. The number of rotatable bonds is 7. The van der Waals surface area contributed by atoms with Gasteiger partial charge in [0, 0.05) is 11.6 Å². The molecule has 3 aromatic carbocycles. The first-order chi connectivity index (χ1) is 14.4. The number of alkyl halides is 3. The molecule has 0 bridgehead atoms. The van der Waals surface area contributed by atoms with Gasteiger partial charge in [0.25, 0.3) is 0 Å². The number of benzene rings is 3.